The summed E-state index contributed by atoms with van der Waals surface area (Å²) in [5.41, 5.74) is -1.65. The summed E-state index contributed by atoms with van der Waals surface area (Å²) in [7, 11) is 0. The quantitative estimate of drug-likeness (QED) is 0.260. The van der Waals surface area contributed by atoms with Gasteiger partial charge in [0.05, 0.1) is 18.4 Å². The van der Waals surface area contributed by atoms with Gasteiger partial charge in [0.25, 0.3) is 11.8 Å². The van der Waals surface area contributed by atoms with Crippen molar-refractivity contribution < 1.29 is 32.3 Å². The molecule has 3 aliphatic heterocycles. The number of carbonyl (C=O) groups is 2. The average molecular weight is 637 g/mol. The molecule has 13 heteroatoms. The van der Waals surface area contributed by atoms with E-state index in [0.29, 0.717) is 50.1 Å². The largest absolute Gasteiger partial charge is 0.487 e. The summed E-state index contributed by atoms with van der Waals surface area (Å²) in [5.74, 6) is -4.47. The molecule has 238 valence electrons. The van der Waals surface area contributed by atoms with Gasteiger partial charge >= 0.3 is 0 Å². The molecule has 0 unspecified atom stereocenters. The highest BCUT2D eigenvalue weighted by molar-refractivity contribution is 6.17. The number of nitrogens with one attached hydrogen (secondary N) is 1. The molecule has 1 aromatic carbocycles. The van der Waals surface area contributed by atoms with Crippen molar-refractivity contribution in [3.63, 3.8) is 0 Å². The van der Waals surface area contributed by atoms with E-state index in [1.54, 1.807) is 9.47 Å². The van der Waals surface area contributed by atoms with Crippen LogP contribution in [0, 0.1) is 17.5 Å². The number of halogens is 4. The van der Waals surface area contributed by atoms with E-state index in [9.17, 15) is 27.6 Å². The minimum atomic E-state index is -1.17. The molecule has 0 saturated carbocycles. The summed E-state index contributed by atoms with van der Waals surface area (Å²) in [6.45, 7) is 3.67. The Kier molecular flexibility index (Phi) is 9.57. The van der Waals surface area contributed by atoms with E-state index in [0.717, 1.165) is 25.0 Å². The number of alkyl halides is 1. The number of hydrogen-bond acceptors (Lipinski definition) is 6. The van der Waals surface area contributed by atoms with Crippen molar-refractivity contribution in [2.75, 3.05) is 19.0 Å². The number of fused-ring (bicyclic) bond motifs is 5. The molecule has 2 amide bonds. The Morgan fingerprint density at radius 1 is 1.20 bits per heavy atom. The lowest BCUT2D eigenvalue weighted by atomic mass is 9.83. The summed E-state index contributed by atoms with van der Waals surface area (Å²) >= 11 is 5.86. The molecule has 1 spiro atoms. The number of amides is 2. The third kappa shape index (κ3) is 6.05. The van der Waals surface area contributed by atoms with E-state index < -0.39 is 58.4 Å². The van der Waals surface area contributed by atoms with Crippen molar-refractivity contribution in [3.05, 3.63) is 62.8 Å². The molecular formula is C31H36ClF3N4O5. The van der Waals surface area contributed by atoms with Crippen molar-refractivity contribution in [1.29, 1.82) is 0 Å². The number of nitrogens with zero attached hydrogens (tertiary/aromatic N) is 3. The lowest BCUT2D eigenvalue weighted by molar-refractivity contribution is -0.0656. The number of benzene rings is 1. The molecule has 1 N–H and O–H groups in total. The van der Waals surface area contributed by atoms with Gasteiger partial charge < -0.3 is 24.4 Å². The second-order valence-electron chi connectivity index (χ2n) is 11.7. The lowest BCUT2D eigenvalue weighted by Gasteiger charge is -2.42. The summed E-state index contributed by atoms with van der Waals surface area (Å²) < 4.78 is 49.5. The van der Waals surface area contributed by atoms with Crippen molar-refractivity contribution in [3.8, 4) is 5.75 Å². The third-order valence-corrected chi connectivity index (χ3v) is 8.98. The van der Waals surface area contributed by atoms with Crippen LogP contribution in [0.2, 0.25) is 0 Å². The van der Waals surface area contributed by atoms with E-state index >= 15 is 0 Å². The number of pyridine rings is 1. The number of aromatic nitrogens is 1. The molecule has 1 fully saturated rings. The first kappa shape index (κ1) is 31.9. The zero-order valence-corrected chi connectivity index (χ0v) is 25.5. The first-order valence-electron chi connectivity index (χ1n) is 15.0. The van der Waals surface area contributed by atoms with Gasteiger partial charge in [-0.15, -0.1) is 11.6 Å². The summed E-state index contributed by atoms with van der Waals surface area (Å²) in [6.07, 6.45) is 6.80. The normalized spacial score (nSPS) is 22.4. The molecular weight excluding hydrogens is 601 g/mol. The number of oxime groups is 1. The molecule has 2 bridgehead atoms. The van der Waals surface area contributed by atoms with Crippen LogP contribution in [0.1, 0.15) is 97.7 Å². The van der Waals surface area contributed by atoms with Gasteiger partial charge in [-0.3, -0.25) is 14.4 Å². The van der Waals surface area contributed by atoms with Gasteiger partial charge in [-0.2, -0.15) is 0 Å². The SMILES string of the molecule is CCCCOc1c2n(cc(C(=O)NCc3c(F)cc(F)cc3F)c1=O)[C@@H]1CN(C2=O)[C@@H](C)CC[C@]12CC(CCCCCl)=NO2. The van der Waals surface area contributed by atoms with Gasteiger partial charge in [-0.25, -0.2) is 13.2 Å². The highest BCUT2D eigenvalue weighted by Crippen LogP contribution is 2.46. The monoisotopic (exact) mass is 636 g/mol. The van der Waals surface area contributed by atoms with Gasteiger partial charge in [0.1, 0.15) is 23.0 Å². The third-order valence-electron chi connectivity index (χ3n) is 8.72. The molecule has 0 radical (unpaired) electrons. The Labute approximate surface area is 258 Å². The number of ether oxygens (including phenoxy) is 1. The van der Waals surface area contributed by atoms with E-state index in [1.165, 1.54) is 6.20 Å². The van der Waals surface area contributed by atoms with Gasteiger partial charge in [0, 0.05) is 55.3 Å². The zero-order valence-electron chi connectivity index (χ0n) is 24.8. The predicted molar refractivity (Wildman–Crippen MR) is 158 cm³/mol. The first-order valence-corrected chi connectivity index (χ1v) is 15.6. The molecule has 1 saturated heterocycles. The van der Waals surface area contributed by atoms with Gasteiger partial charge in [0.2, 0.25) is 5.43 Å². The number of rotatable bonds is 11. The zero-order chi connectivity index (χ0) is 31.6. The van der Waals surface area contributed by atoms with Crippen LogP contribution in [0.25, 0.3) is 0 Å². The highest BCUT2D eigenvalue weighted by atomic mass is 35.5. The molecule has 4 heterocycles. The molecule has 9 nitrogen and oxygen atoms in total. The Morgan fingerprint density at radius 3 is 2.66 bits per heavy atom. The Balaban J connectivity index is 1.56. The average Bonchev–Trinajstić information content (AvgIpc) is 3.35. The van der Waals surface area contributed by atoms with Gasteiger partial charge in [0.15, 0.2) is 17.0 Å². The van der Waals surface area contributed by atoms with Crippen molar-refractivity contribution in [2.24, 2.45) is 5.16 Å². The maximum Gasteiger partial charge on any atom is 0.274 e. The van der Waals surface area contributed by atoms with Crippen LogP contribution in [0.3, 0.4) is 0 Å². The first-order chi connectivity index (χ1) is 21.1. The van der Waals surface area contributed by atoms with Crippen LogP contribution in [0.4, 0.5) is 13.2 Å². The van der Waals surface area contributed by atoms with Gasteiger partial charge in [-0.1, -0.05) is 18.5 Å². The minimum absolute atomic E-state index is 0.0295. The van der Waals surface area contributed by atoms with E-state index in [-0.39, 0.29) is 36.2 Å². The number of unbranched alkanes of at least 4 members (excludes halogenated alkanes) is 2. The fourth-order valence-corrected chi connectivity index (χ4v) is 6.38. The summed E-state index contributed by atoms with van der Waals surface area (Å²) in [6, 6.07) is 0.358. The highest BCUT2D eigenvalue weighted by Gasteiger charge is 2.54. The van der Waals surface area contributed by atoms with Crippen LogP contribution in [0.5, 0.6) is 5.75 Å². The maximum absolute atomic E-state index is 14.3. The van der Waals surface area contributed by atoms with Crippen molar-refractivity contribution >= 4 is 29.1 Å². The topological polar surface area (TPSA) is 102 Å². The summed E-state index contributed by atoms with van der Waals surface area (Å²) in [5, 5.41) is 6.79. The van der Waals surface area contributed by atoms with E-state index in [4.69, 9.17) is 21.2 Å². The molecule has 3 atom stereocenters. The van der Waals surface area contributed by atoms with Crippen LogP contribution in [-0.4, -0.2) is 57.7 Å². The Hall–Kier alpha value is -3.54. The molecule has 44 heavy (non-hydrogen) atoms. The van der Waals surface area contributed by atoms with Crippen LogP contribution in [0.15, 0.2) is 28.3 Å². The molecule has 2 aromatic rings. The smallest absolute Gasteiger partial charge is 0.274 e. The second-order valence-corrected chi connectivity index (χ2v) is 12.1. The number of carbonyl (C=O) groups excluding carboxylic acids is 2. The van der Waals surface area contributed by atoms with Crippen molar-refractivity contribution in [1.82, 2.24) is 14.8 Å². The fourth-order valence-electron chi connectivity index (χ4n) is 6.19. The fraction of sp³-hybridized carbons (Fsp3) is 0.548. The molecule has 5 rings (SSSR count). The van der Waals surface area contributed by atoms with E-state index in [1.807, 2.05) is 13.8 Å². The maximum atomic E-state index is 14.3. The van der Waals surface area contributed by atoms with Crippen LogP contribution in [-0.2, 0) is 11.4 Å². The van der Waals surface area contributed by atoms with E-state index in [2.05, 4.69) is 10.5 Å². The molecule has 3 aliphatic rings. The predicted octanol–water partition coefficient (Wildman–Crippen LogP) is 5.48. The van der Waals surface area contributed by atoms with Gasteiger partial charge in [-0.05, 0) is 45.4 Å². The minimum Gasteiger partial charge on any atom is -0.487 e. The Bertz CT molecular complexity index is 1510. The standard InChI is InChI=1S/C31H36ClF3N4O5/c1-3-4-11-43-28-26-30(42)38-17-25(31(9-8-18(38)2)14-20(37-44-31)7-5-6-10-32)39(26)16-22(27(28)40)29(41)36-15-21-23(34)12-19(33)13-24(21)35/h12-13,16,18,25H,3-11,14-15,17H2,1-2H3,(H,36,41)/t18-,25+,31-/m0/s1. The molecule has 1 aromatic heterocycles. The van der Waals surface area contributed by atoms with Crippen LogP contribution < -0.4 is 15.5 Å². The Morgan fingerprint density at radius 2 is 1.95 bits per heavy atom. The lowest BCUT2D eigenvalue weighted by Crippen LogP contribution is -2.52. The number of hydrogen-bond donors (Lipinski definition) is 1. The second kappa shape index (κ2) is 13.2. The van der Waals surface area contributed by atoms with Crippen LogP contribution >= 0.6 is 11.6 Å². The van der Waals surface area contributed by atoms with Crippen molar-refractivity contribution in [2.45, 2.75) is 89.4 Å². The molecule has 0 aliphatic carbocycles. The summed E-state index contributed by atoms with van der Waals surface area (Å²) in [4.78, 5) is 49.0.